The number of carbonyl (C=O) groups is 1. The molecule has 15 heavy (non-hydrogen) atoms. The van der Waals surface area contributed by atoms with E-state index < -0.39 is 0 Å². The Balaban J connectivity index is 2.05. The highest BCUT2D eigenvalue weighted by Crippen LogP contribution is 2.19. The van der Waals surface area contributed by atoms with Crippen LogP contribution in [0.15, 0.2) is 0 Å². The lowest BCUT2D eigenvalue weighted by molar-refractivity contribution is -0.121. The Morgan fingerprint density at radius 2 is 2.33 bits per heavy atom. The number of hydrogen-bond donors (Lipinski definition) is 2. The molecule has 2 unspecified atom stereocenters. The molecular formula is C11H22N2O2. The maximum Gasteiger partial charge on any atom is 0.220 e. The minimum Gasteiger partial charge on any atom is -0.378 e. The van der Waals surface area contributed by atoms with E-state index in [4.69, 9.17) is 10.5 Å². The van der Waals surface area contributed by atoms with Gasteiger partial charge in [0.15, 0.2) is 0 Å². The summed E-state index contributed by atoms with van der Waals surface area (Å²) >= 11 is 0. The SMILES string of the molecule is CC1OCCC1CNC(=O)CCCCN. The maximum absolute atomic E-state index is 11.4. The number of unbranched alkanes of at least 4 members (excludes halogenated alkanes) is 1. The van der Waals surface area contributed by atoms with Crippen molar-refractivity contribution < 1.29 is 9.53 Å². The molecule has 4 heteroatoms. The third-order valence-electron chi connectivity index (χ3n) is 2.95. The van der Waals surface area contributed by atoms with Crippen molar-refractivity contribution in [1.29, 1.82) is 0 Å². The molecule has 0 aliphatic carbocycles. The van der Waals surface area contributed by atoms with Crippen LogP contribution in [0.25, 0.3) is 0 Å². The van der Waals surface area contributed by atoms with Crippen LogP contribution in [0.3, 0.4) is 0 Å². The van der Waals surface area contributed by atoms with Gasteiger partial charge in [-0.25, -0.2) is 0 Å². The summed E-state index contributed by atoms with van der Waals surface area (Å²) in [6.07, 6.45) is 3.76. The Labute approximate surface area is 91.5 Å². The minimum absolute atomic E-state index is 0.141. The van der Waals surface area contributed by atoms with E-state index in [9.17, 15) is 4.79 Å². The van der Waals surface area contributed by atoms with Crippen LogP contribution in [0.4, 0.5) is 0 Å². The summed E-state index contributed by atoms with van der Waals surface area (Å²) in [5.74, 6) is 0.631. The van der Waals surface area contributed by atoms with Gasteiger partial charge in [-0.15, -0.1) is 0 Å². The van der Waals surface area contributed by atoms with Crippen LogP contribution in [0.2, 0.25) is 0 Å². The van der Waals surface area contributed by atoms with Crippen LogP contribution in [0.5, 0.6) is 0 Å². The van der Waals surface area contributed by atoms with Crippen LogP contribution < -0.4 is 11.1 Å². The van der Waals surface area contributed by atoms with Crippen molar-refractivity contribution in [3.63, 3.8) is 0 Å². The van der Waals surface area contributed by atoms with E-state index in [1.54, 1.807) is 0 Å². The summed E-state index contributed by atoms with van der Waals surface area (Å²) in [5, 5.41) is 2.95. The normalized spacial score (nSPS) is 25.5. The molecule has 0 aromatic carbocycles. The number of hydrogen-bond acceptors (Lipinski definition) is 3. The van der Waals surface area contributed by atoms with Gasteiger partial charge in [-0.1, -0.05) is 0 Å². The first-order valence-corrected chi connectivity index (χ1v) is 5.82. The Morgan fingerprint density at radius 3 is 2.93 bits per heavy atom. The molecule has 0 spiro atoms. The second kappa shape index (κ2) is 6.80. The van der Waals surface area contributed by atoms with Crippen LogP contribution in [-0.4, -0.2) is 31.7 Å². The van der Waals surface area contributed by atoms with Crippen molar-refractivity contribution in [2.45, 2.75) is 38.7 Å². The molecule has 1 heterocycles. The fourth-order valence-corrected chi connectivity index (χ4v) is 1.81. The highest BCUT2D eigenvalue weighted by molar-refractivity contribution is 5.75. The lowest BCUT2D eigenvalue weighted by Crippen LogP contribution is -2.31. The fraction of sp³-hybridized carbons (Fsp3) is 0.909. The van der Waals surface area contributed by atoms with E-state index in [1.807, 2.05) is 0 Å². The van der Waals surface area contributed by atoms with Gasteiger partial charge in [-0.2, -0.15) is 0 Å². The van der Waals surface area contributed by atoms with Gasteiger partial charge in [0.25, 0.3) is 0 Å². The van der Waals surface area contributed by atoms with Crippen LogP contribution in [0.1, 0.15) is 32.6 Å². The quantitative estimate of drug-likeness (QED) is 0.638. The lowest BCUT2D eigenvalue weighted by Gasteiger charge is -2.14. The average Bonchev–Trinajstić information content (AvgIpc) is 2.61. The zero-order valence-corrected chi connectivity index (χ0v) is 9.50. The average molecular weight is 214 g/mol. The van der Waals surface area contributed by atoms with E-state index in [0.29, 0.717) is 18.9 Å². The van der Waals surface area contributed by atoms with Gasteiger partial charge in [0, 0.05) is 25.5 Å². The smallest absolute Gasteiger partial charge is 0.220 e. The van der Waals surface area contributed by atoms with Gasteiger partial charge in [-0.3, -0.25) is 4.79 Å². The van der Waals surface area contributed by atoms with Crippen LogP contribution in [-0.2, 0) is 9.53 Å². The minimum atomic E-state index is 0.141. The zero-order valence-electron chi connectivity index (χ0n) is 9.50. The molecule has 1 fully saturated rings. The molecule has 1 saturated heterocycles. The number of ether oxygens (including phenoxy) is 1. The molecule has 1 amide bonds. The molecule has 88 valence electrons. The maximum atomic E-state index is 11.4. The number of nitrogens with two attached hydrogens (primary N) is 1. The summed E-state index contributed by atoms with van der Waals surface area (Å²) in [6.45, 7) is 4.32. The Kier molecular flexibility index (Phi) is 5.65. The van der Waals surface area contributed by atoms with Crippen molar-refractivity contribution in [3.8, 4) is 0 Å². The molecule has 2 atom stereocenters. The van der Waals surface area contributed by atoms with Crippen molar-refractivity contribution >= 4 is 5.91 Å². The van der Waals surface area contributed by atoms with E-state index in [0.717, 1.165) is 32.4 Å². The molecule has 4 nitrogen and oxygen atoms in total. The first-order chi connectivity index (χ1) is 7.24. The standard InChI is InChI=1S/C11H22N2O2/c1-9-10(5-7-15-9)8-13-11(14)4-2-3-6-12/h9-10H,2-8,12H2,1H3,(H,13,14). The summed E-state index contributed by atoms with van der Waals surface area (Å²) in [7, 11) is 0. The number of amides is 1. The summed E-state index contributed by atoms with van der Waals surface area (Å²) in [6, 6.07) is 0. The summed E-state index contributed by atoms with van der Waals surface area (Å²) in [5.41, 5.74) is 5.36. The van der Waals surface area contributed by atoms with Gasteiger partial charge in [-0.05, 0) is 32.7 Å². The summed E-state index contributed by atoms with van der Waals surface area (Å²) in [4.78, 5) is 11.4. The molecule has 0 aromatic rings. The molecule has 1 aliphatic rings. The van der Waals surface area contributed by atoms with Crippen molar-refractivity contribution in [1.82, 2.24) is 5.32 Å². The second-order valence-corrected chi connectivity index (χ2v) is 4.17. The summed E-state index contributed by atoms with van der Waals surface area (Å²) < 4.78 is 5.43. The van der Waals surface area contributed by atoms with E-state index in [-0.39, 0.29) is 12.0 Å². The highest BCUT2D eigenvalue weighted by Gasteiger charge is 2.24. The topological polar surface area (TPSA) is 64.3 Å². The number of nitrogens with one attached hydrogen (secondary N) is 1. The van der Waals surface area contributed by atoms with Crippen LogP contribution >= 0.6 is 0 Å². The molecule has 0 aromatic heterocycles. The monoisotopic (exact) mass is 214 g/mol. The Morgan fingerprint density at radius 1 is 1.53 bits per heavy atom. The number of carbonyl (C=O) groups excluding carboxylic acids is 1. The molecule has 1 aliphatic heterocycles. The predicted octanol–water partition coefficient (Wildman–Crippen LogP) is 0.657. The van der Waals surface area contributed by atoms with Gasteiger partial charge in [0.1, 0.15) is 0 Å². The molecule has 1 rings (SSSR count). The number of rotatable bonds is 6. The zero-order chi connectivity index (χ0) is 11.1. The predicted molar refractivity (Wildman–Crippen MR) is 59.4 cm³/mol. The second-order valence-electron chi connectivity index (χ2n) is 4.17. The van der Waals surface area contributed by atoms with Crippen LogP contribution in [0, 0.1) is 5.92 Å². The third kappa shape index (κ3) is 4.62. The highest BCUT2D eigenvalue weighted by atomic mass is 16.5. The molecule has 3 N–H and O–H groups in total. The van der Waals surface area contributed by atoms with Crippen molar-refractivity contribution in [3.05, 3.63) is 0 Å². The van der Waals surface area contributed by atoms with Crippen molar-refractivity contribution in [2.75, 3.05) is 19.7 Å². The first kappa shape index (κ1) is 12.5. The first-order valence-electron chi connectivity index (χ1n) is 5.82. The van der Waals surface area contributed by atoms with E-state index in [1.165, 1.54) is 0 Å². The Bertz CT molecular complexity index is 197. The van der Waals surface area contributed by atoms with Crippen molar-refractivity contribution in [2.24, 2.45) is 11.7 Å². The Hall–Kier alpha value is -0.610. The molecule has 0 radical (unpaired) electrons. The van der Waals surface area contributed by atoms with Gasteiger partial charge >= 0.3 is 0 Å². The van der Waals surface area contributed by atoms with E-state index in [2.05, 4.69) is 12.2 Å². The molecule has 0 bridgehead atoms. The fourth-order valence-electron chi connectivity index (χ4n) is 1.81. The lowest BCUT2D eigenvalue weighted by atomic mass is 10.0. The van der Waals surface area contributed by atoms with Gasteiger partial charge in [0.05, 0.1) is 6.10 Å². The molecular weight excluding hydrogens is 192 g/mol. The molecule has 0 saturated carbocycles. The largest absolute Gasteiger partial charge is 0.378 e. The van der Waals surface area contributed by atoms with Gasteiger partial charge in [0.2, 0.25) is 5.91 Å². The third-order valence-corrected chi connectivity index (χ3v) is 2.95. The van der Waals surface area contributed by atoms with Gasteiger partial charge < -0.3 is 15.8 Å². The van der Waals surface area contributed by atoms with E-state index >= 15 is 0 Å².